The third-order valence-electron chi connectivity index (χ3n) is 1.16. The smallest absolute Gasteiger partial charge is 0.0631 e. The SMILES string of the molecule is [CH2]c1cc(C)n(C)n1. The zero-order valence-corrected chi connectivity index (χ0v) is 5.18. The van der Waals surface area contributed by atoms with Crippen LogP contribution in [-0.2, 0) is 7.05 Å². The molecule has 1 aromatic heterocycles. The number of rotatable bonds is 0. The predicted octanol–water partition coefficient (Wildman–Crippen LogP) is 0.911. The molecular formula is C6H9N2. The molecule has 0 bridgehead atoms. The molecule has 43 valence electrons. The van der Waals surface area contributed by atoms with Gasteiger partial charge in [-0.15, -0.1) is 0 Å². The van der Waals surface area contributed by atoms with Crippen LogP contribution < -0.4 is 0 Å². The molecule has 1 rings (SSSR count). The Morgan fingerprint density at radius 3 is 2.50 bits per heavy atom. The summed E-state index contributed by atoms with van der Waals surface area (Å²) >= 11 is 0. The summed E-state index contributed by atoms with van der Waals surface area (Å²) in [5.74, 6) is 0. The van der Waals surface area contributed by atoms with Gasteiger partial charge in [-0.3, -0.25) is 4.68 Å². The first-order chi connectivity index (χ1) is 3.70. The number of hydrogen-bond acceptors (Lipinski definition) is 1. The highest BCUT2D eigenvalue weighted by molar-refractivity contribution is 5.10. The van der Waals surface area contributed by atoms with E-state index in [2.05, 4.69) is 12.0 Å². The Balaban J connectivity index is 3.14. The standard InChI is InChI=1S/C6H9N2/c1-5-4-6(2)8(3)7-5/h4H,1H2,2-3H3. The Bertz CT molecular complexity index is 169. The van der Waals surface area contributed by atoms with Crippen molar-refractivity contribution in [1.29, 1.82) is 0 Å². The Kier molecular flexibility index (Phi) is 1.08. The molecule has 0 fully saturated rings. The molecule has 0 aliphatic carbocycles. The van der Waals surface area contributed by atoms with E-state index in [1.807, 2.05) is 24.7 Å². The highest BCUT2D eigenvalue weighted by Gasteiger charge is 1.91. The van der Waals surface area contributed by atoms with Crippen LogP contribution in [0.15, 0.2) is 6.07 Å². The third-order valence-corrected chi connectivity index (χ3v) is 1.16. The average Bonchev–Trinajstić information content (AvgIpc) is 1.85. The van der Waals surface area contributed by atoms with Crippen molar-refractivity contribution in [3.8, 4) is 0 Å². The molecule has 0 saturated heterocycles. The van der Waals surface area contributed by atoms with Gasteiger partial charge in [0.05, 0.1) is 5.69 Å². The lowest BCUT2D eigenvalue weighted by Crippen LogP contribution is -1.91. The molecule has 0 aliphatic heterocycles. The van der Waals surface area contributed by atoms with Crippen molar-refractivity contribution >= 4 is 0 Å². The zero-order valence-electron chi connectivity index (χ0n) is 5.18. The van der Waals surface area contributed by atoms with Gasteiger partial charge in [-0.05, 0) is 19.9 Å². The molecule has 0 aromatic carbocycles. The topological polar surface area (TPSA) is 17.8 Å². The van der Waals surface area contributed by atoms with Crippen LogP contribution in [-0.4, -0.2) is 9.78 Å². The van der Waals surface area contributed by atoms with Crippen molar-refractivity contribution in [2.45, 2.75) is 6.92 Å². The fourth-order valence-electron chi connectivity index (χ4n) is 0.635. The van der Waals surface area contributed by atoms with Gasteiger partial charge < -0.3 is 0 Å². The number of nitrogens with zero attached hydrogens (tertiary/aromatic N) is 2. The molecule has 1 aromatic rings. The summed E-state index contributed by atoms with van der Waals surface area (Å²) in [6.45, 7) is 5.67. The van der Waals surface area contributed by atoms with E-state index >= 15 is 0 Å². The Labute approximate surface area is 49.1 Å². The zero-order chi connectivity index (χ0) is 6.15. The fraction of sp³-hybridized carbons (Fsp3) is 0.333. The Morgan fingerprint density at radius 1 is 1.75 bits per heavy atom. The Morgan fingerprint density at radius 2 is 2.38 bits per heavy atom. The summed E-state index contributed by atoms with van der Waals surface area (Å²) < 4.78 is 1.81. The average molecular weight is 109 g/mol. The summed E-state index contributed by atoms with van der Waals surface area (Å²) in [7, 11) is 1.91. The maximum absolute atomic E-state index is 4.02. The largest absolute Gasteiger partial charge is 0.273 e. The molecular weight excluding hydrogens is 100 g/mol. The van der Waals surface area contributed by atoms with Gasteiger partial charge >= 0.3 is 0 Å². The van der Waals surface area contributed by atoms with Gasteiger partial charge in [0.1, 0.15) is 0 Å². The minimum atomic E-state index is 0.838. The molecule has 0 unspecified atom stereocenters. The van der Waals surface area contributed by atoms with Crippen LogP contribution in [0.25, 0.3) is 0 Å². The molecule has 8 heavy (non-hydrogen) atoms. The fourth-order valence-corrected chi connectivity index (χ4v) is 0.635. The molecule has 0 atom stereocenters. The van der Waals surface area contributed by atoms with Crippen molar-refractivity contribution in [3.63, 3.8) is 0 Å². The maximum Gasteiger partial charge on any atom is 0.0631 e. The van der Waals surface area contributed by atoms with Crippen molar-refractivity contribution < 1.29 is 0 Å². The maximum atomic E-state index is 4.02. The molecule has 0 aliphatic rings. The highest BCUT2D eigenvalue weighted by atomic mass is 15.3. The number of aryl methyl sites for hydroxylation is 2. The summed E-state index contributed by atoms with van der Waals surface area (Å²) in [4.78, 5) is 0. The van der Waals surface area contributed by atoms with Gasteiger partial charge in [0.15, 0.2) is 0 Å². The lowest BCUT2D eigenvalue weighted by Gasteiger charge is -1.87. The summed E-state index contributed by atoms with van der Waals surface area (Å²) in [6.07, 6.45) is 0. The van der Waals surface area contributed by atoms with Crippen LogP contribution in [0.4, 0.5) is 0 Å². The van der Waals surface area contributed by atoms with Crippen molar-refractivity contribution in [1.82, 2.24) is 9.78 Å². The van der Waals surface area contributed by atoms with Gasteiger partial charge in [0.25, 0.3) is 0 Å². The van der Waals surface area contributed by atoms with Crippen LogP contribution >= 0.6 is 0 Å². The number of hydrogen-bond donors (Lipinski definition) is 0. The number of aromatic nitrogens is 2. The van der Waals surface area contributed by atoms with E-state index < -0.39 is 0 Å². The molecule has 0 saturated carbocycles. The van der Waals surface area contributed by atoms with E-state index in [0.717, 1.165) is 11.4 Å². The predicted molar refractivity (Wildman–Crippen MR) is 32.4 cm³/mol. The second-order valence-electron chi connectivity index (χ2n) is 1.90. The molecule has 1 heterocycles. The van der Waals surface area contributed by atoms with Crippen LogP contribution in [0.1, 0.15) is 11.4 Å². The summed E-state index contributed by atoms with van der Waals surface area (Å²) in [5.41, 5.74) is 1.99. The van der Waals surface area contributed by atoms with E-state index in [-0.39, 0.29) is 0 Å². The van der Waals surface area contributed by atoms with Gasteiger partial charge in [-0.1, -0.05) is 0 Å². The third kappa shape index (κ3) is 0.735. The Hall–Kier alpha value is -0.790. The second-order valence-corrected chi connectivity index (χ2v) is 1.90. The molecule has 0 N–H and O–H groups in total. The van der Waals surface area contributed by atoms with Crippen LogP contribution in [0, 0.1) is 13.8 Å². The quantitative estimate of drug-likeness (QED) is 0.484. The first kappa shape index (κ1) is 5.35. The van der Waals surface area contributed by atoms with Crippen molar-refractivity contribution in [2.75, 3.05) is 0 Å². The lowest BCUT2D eigenvalue weighted by molar-refractivity contribution is 0.735. The normalized spacial score (nSPS) is 9.88. The highest BCUT2D eigenvalue weighted by Crippen LogP contribution is 1.96. The summed E-state index contributed by atoms with van der Waals surface area (Å²) in [5, 5.41) is 4.02. The van der Waals surface area contributed by atoms with E-state index in [1.165, 1.54) is 0 Å². The van der Waals surface area contributed by atoms with E-state index in [9.17, 15) is 0 Å². The minimum absolute atomic E-state index is 0.838. The van der Waals surface area contributed by atoms with Gasteiger partial charge in [0, 0.05) is 12.7 Å². The minimum Gasteiger partial charge on any atom is -0.273 e. The van der Waals surface area contributed by atoms with E-state index in [4.69, 9.17) is 0 Å². The van der Waals surface area contributed by atoms with Gasteiger partial charge in [0.2, 0.25) is 0 Å². The molecule has 0 spiro atoms. The van der Waals surface area contributed by atoms with Crippen LogP contribution in [0.5, 0.6) is 0 Å². The first-order valence-corrected chi connectivity index (χ1v) is 2.53. The monoisotopic (exact) mass is 109 g/mol. The molecule has 2 heteroatoms. The van der Waals surface area contributed by atoms with E-state index in [0.29, 0.717) is 0 Å². The van der Waals surface area contributed by atoms with Crippen molar-refractivity contribution in [2.24, 2.45) is 7.05 Å². The molecule has 0 amide bonds. The van der Waals surface area contributed by atoms with Gasteiger partial charge in [-0.2, -0.15) is 5.10 Å². The van der Waals surface area contributed by atoms with Crippen LogP contribution in [0.2, 0.25) is 0 Å². The lowest BCUT2D eigenvalue weighted by atomic mass is 10.4. The molecule has 1 radical (unpaired) electrons. The van der Waals surface area contributed by atoms with Gasteiger partial charge in [-0.25, -0.2) is 0 Å². The van der Waals surface area contributed by atoms with E-state index in [1.54, 1.807) is 0 Å². The summed E-state index contributed by atoms with van der Waals surface area (Å²) in [6, 6.07) is 1.94. The first-order valence-electron chi connectivity index (χ1n) is 2.53. The molecule has 2 nitrogen and oxygen atoms in total. The van der Waals surface area contributed by atoms with Crippen LogP contribution in [0.3, 0.4) is 0 Å². The second kappa shape index (κ2) is 1.62. The van der Waals surface area contributed by atoms with Crippen molar-refractivity contribution in [3.05, 3.63) is 24.4 Å².